The zero-order chi connectivity index (χ0) is 23.1. The van der Waals surface area contributed by atoms with Crippen molar-refractivity contribution >= 4 is 23.0 Å². The third-order valence-electron chi connectivity index (χ3n) is 6.35. The van der Waals surface area contributed by atoms with Crippen LogP contribution >= 0.6 is 12.2 Å². The van der Waals surface area contributed by atoms with Crippen molar-refractivity contribution in [1.29, 1.82) is 0 Å². The Bertz CT molecular complexity index is 1310. The van der Waals surface area contributed by atoms with Crippen LogP contribution in [0.4, 0.5) is 10.1 Å². The third kappa shape index (κ3) is 3.70. The second-order valence-corrected chi connectivity index (χ2v) is 8.81. The number of nitrogens with one attached hydrogen (secondary N) is 1. The summed E-state index contributed by atoms with van der Waals surface area (Å²) < 4.78 is 16.0. The molecule has 1 saturated heterocycles. The summed E-state index contributed by atoms with van der Waals surface area (Å²) in [5.41, 5.74) is 7.58. The van der Waals surface area contributed by atoms with Crippen LogP contribution in [0.3, 0.4) is 0 Å². The van der Waals surface area contributed by atoms with Crippen LogP contribution in [0.5, 0.6) is 0 Å². The van der Waals surface area contributed by atoms with Crippen LogP contribution in [0.25, 0.3) is 5.69 Å². The summed E-state index contributed by atoms with van der Waals surface area (Å²) in [5.74, 6) is -0.271. The second-order valence-electron chi connectivity index (χ2n) is 8.42. The minimum absolute atomic E-state index is 0.137. The topological polar surface area (TPSA) is 33.1 Å². The number of hydrogen-bond acceptors (Lipinski definition) is 2. The minimum Gasteiger partial charge on any atom is -0.351 e. The van der Waals surface area contributed by atoms with Gasteiger partial charge in [-0.25, -0.2) is 4.39 Å². The Labute approximate surface area is 198 Å². The Kier molecular flexibility index (Phi) is 5.46. The van der Waals surface area contributed by atoms with E-state index < -0.39 is 0 Å². The minimum atomic E-state index is -0.271. The second kappa shape index (κ2) is 8.45. The number of hydrogen-bond donors (Lipinski definition) is 1. The van der Waals surface area contributed by atoms with E-state index in [0.29, 0.717) is 5.11 Å². The van der Waals surface area contributed by atoms with Crippen molar-refractivity contribution in [1.82, 2.24) is 14.9 Å². The first-order chi connectivity index (χ1) is 16.0. The first-order valence-corrected chi connectivity index (χ1v) is 11.4. The molecule has 0 unspecified atom stereocenters. The van der Waals surface area contributed by atoms with Gasteiger partial charge in [-0.3, -0.25) is 4.98 Å². The van der Waals surface area contributed by atoms with Gasteiger partial charge in [0.25, 0.3) is 0 Å². The lowest BCUT2D eigenvalue weighted by Gasteiger charge is -2.28. The van der Waals surface area contributed by atoms with Gasteiger partial charge in [-0.1, -0.05) is 24.3 Å². The zero-order valence-corrected chi connectivity index (χ0v) is 19.6. The van der Waals surface area contributed by atoms with E-state index in [1.165, 1.54) is 17.7 Å². The maximum atomic E-state index is 13.7. The highest BCUT2D eigenvalue weighted by Crippen LogP contribution is 2.43. The van der Waals surface area contributed by atoms with E-state index in [1.54, 1.807) is 18.3 Å². The smallest absolute Gasteiger partial charge is 0.174 e. The van der Waals surface area contributed by atoms with E-state index in [4.69, 9.17) is 12.2 Å². The van der Waals surface area contributed by atoms with Gasteiger partial charge >= 0.3 is 0 Å². The molecule has 0 aliphatic carbocycles. The Morgan fingerprint density at radius 1 is 0.939 bits per heavy atom. The van der Waals surface area contributed by atoms with Gasteiger partial charge < -0.3 is 14.8 Å². The monoisotopic (exact) mass is 456 g/mol. The zero-order valence-electron chi connectivity index (χ0n) is 18.8. The molecule has 0 spiro atoms. The van der Waals surface area contributed by atoms with E-state index in [2.05, 4.69) is 70.9 Å². The molecule has 1 aliphatic rings. The van der Waals surface area contributed by atoms with Crippen LogP contribution in [0, 0.1) is 26.6 Å². The van der Waals surface area contributed by atoms with Crippen molar-refractivity contribution < 1.29 is 4.39 Å². The molecule has 2 aromatic heterocycles. The van der Waals surface area contributed by atoms with Gasteiger partial charge in [0.15, 0.2) is 5.11 Å². The van der Waals surface area contributed by atoms with E-state index in [0.717, 1.165) is 34.0 Å². The lowest BCUT2D eigenvalue weighted by atomic mass is 9.96. The molecule has 0 bridgehead atoms. The average molecular weight is 457 g/mol. The number of benzene rings is 2. The summed E-state index contributed by atoms with van der Waals surface area (Å²) in [6.45, 7) is 6.40. The normalized spacial score (nSPS) is 17.9. The first-order valence-electron chi connectivity index (χ1n) is 11.0. The van der Waals surface area contributed by atoms with Crippen LogP contribution < -0.4 is 10.2 Å². The number of para-hydroxylation sites is 1. The van der Waals surface area contributed by atoms with Crippen molar-refractivity contribution in [3.8, 4) is 5.69 Å². The molecule has 33 heavy (non-hydrogen) atoms. The Balaban J connectivity index is 1.69. The van der Waals surface area contributed by atoms with Gasteiger partial charge in [-0.05, 0) is 92.6 Å². The maximum Gasteiger partial charge on any atom is 0.174 e. The van der Waals surface area contributed by atoms with Gasteiger partial charge in [-0.15, -0.1) is 0 Å². The lowest BCUT2D eigenvalue weighted by Crippen LogP contribution is -2.29. The van der Waals surface area contributed by atoms with Crippen LogP contribution in [0.1, 0.15) is 40.3 Å². The number of pyridine rings is 1. The van der Waals surface area contributed by atoms with Gasteiger partial charge in [0, 0.05) is 29.0 Å². The van der Waals surface area contributed by atoms with Crippen molar-refractivity contribution in [2.75, 3.05) is 4.90 Å². The standard InChI is InChI=1S/C27H25FN4S/c1-17-8-4-5-10-24(17)31-18(2)16-22(19(31)3)26-25(23-9-6-7-15-29-23)30-27(33)32(26)21-13-11-20(28)12-14-21/h4-16,25-26H,1-3H3,(H,30,33)/t25-,26+/m1/s1. The Morgan fingerprint density at radius 2 is 1.67 bits per heavy atom. The summed E-state index contributed by atoms with van der Waals surface area (Å²) in [7, 11) is 0. The molecule has 0 amide bonds. The molecule has 1 fully saturated rings. The number of thiocarbonyl (C=S) groups is 1. The van der Waals surface area contributed by atoms with Gasteiger partial charge in [0.2, 0.25) is 0 Å². The van der Waals surface area contributed by atoms with E-state index >= 15 is 0 Å². The molecule has 0 saturated carbocycles. The SMILES string of the molecule is Cc1ccccc1-n1c(C)cc([C@H]2[C@@H](c3ccccn3)NC(=S)N2c2ccc(F)cc2)c1C. The number of nitrogens with zero attached hydrogens (tertiary/aromatic N) is 3. The predicted octanol–water partition coefficient (Wildman–Crippen LogP) is 6.11. The third-order valence-corrected chi connectivity index (χ3v) is 6.66. The number of rotatable bonds is 4. The number of aromatic nitrogens is 2. The molecule has 2 atom stereocenters. The highest BCUT2D eigenvalue weighted by Gasteiger charge is 2.42. The predicted molar refractivity (Wildman–Crippen MR) is 134 cm³/mol. The van der Waals surface area contributed by atoms with Crippen LogP contribution in [0.2, 0.25) is 0 Å². The van der Waals surface area contributed by atoms with Crippen molar-refractivity contribution in [2.45, 2.75) is 32.9 Å². The molecular formula is C27H25FN4S. The van der Waals surface area contributed by atoms with Crippen LogP contribution in [-0.2, 0) is 0 Å². The van der Waals surface area contributed by atoms with Crippen LogP contribution in [0.15, 0.2) is 79.0 Å². The highest BCUT2D eigenvalue weighted by molar-refractivity contribution is 7.80. The highest BCUT2D eigenvalue weighted by atomic mass is 32.1. The largest absolute Gasteiger partial charge is 0.351 e. The first kappa shape index (κ1) is 21.3. The van der Waals surface area contributed by atoms with Crippen molar-refractivity contribution in [2.24, 2.45) is 0 Å². The molecule has 6 heteroatoms. The van der Waals surface area contributed by atoms with E-state index in [9.17, 15) is 4.39 Å². The fourth-order valence-corrected chi connectivity index (χ4v) is 5.17. The molecule has 4 aromatic rings. The molecule has 166 valence electrons. The number of aryl methyl sites for hydroxylation is 2. The average Bonchev–Trinajstić information content (AvgIpc) is 3.31. The molecule has 3 heterocycles. The van der Waals surface area contributed by atoms with Gasteiger partial charge in [0.05, 0.1) is 17.8 Å². The molecule has 4 nitrogen and oxygen atoms in total. The quantitative estimate of drug-likeness (QED) is 0.376. The molecule has 1 N–H and O–H groups in total. The number of anilines is 1. The molecular weight excluding hydrogens is 431 g/mol. The summed E-state index contributed by atoms with van der Waals surface area (Å²) in [6, 6.07) is 22.7. The molecule has 2 aromatic carbocycles. The summed E-state index contributed by atoms with van der Waals surface area (Å²) in [6.07, 6.45) is 1.80. The Morgan fingerprint density at radius 3 is 2.36 bits per heavy atom. The lowest BCUT2D eigenvalue weighted by molar-refractivity contribution is 0.565. The summed E-state index contributed by atoms with van der Waals surface area (Å²) in [4.78, 5) is 6.71. The molecule has 1 aliphatic heterocycles. The summed E-state index contributed by atoms with van der Waals surface area (Å²) in [5, 5.41) is 4.08. The number of halogens is 1. The summed E-state index contributed by atoms with van der Waals surface area (Å²) >= 11 is 5.79. The van der Waals surface area contributed by atoms with Crippen molar-refractivity contribution in [3.05, 3.63) is 113 Å². The van der Waals surface area contributed by atoms with Crippen molar-refractivity contribution in [3.63, 3.8) is 0 Å². The van der Waals surface area contributed by atoms with Gasteiger partial charge in [0.1, 0.15) is 5.82 Å². The van der Waals surface area contributed by atoms with Gasteiger partial charge in [-0.2, -0.15) is 0 Å². The van der Waals surface area contributed by atoms with E-state index in [-0.39, 0.29) is 17.9 Å². The maximum absolute atomic E-state index is 13.7. The fraction of sp³-hybridized carbons (Fsp3) is 0.185. The molecule has 0 radical (unpaired) electrons. The van der Waals surface area contributed by atoms with E-state index in [1.807, 2.05) is 18.2 Å². The van der Waals surface area contributed by atoms with Crippen LogP contribution in [-0.4, -0.2) is 14.7 Å². The Hall–Kier alpha value is -3.51. The fourth-order valence-electron chi connectivity index (χ4n) is 4.82. The molecule has 5 rings (SSSR count).